The van der Waals surface area contributed by atoms with Crippen LogP contribution in [-0.2, 0) is 30.7 Å². The fourth-order valence-corrected chi connectivity index (χ4v) is 5.73. The van der Waals surface area contributed by atoms with E-state index in [9.17, 15) is 20.1 Å². The van der Waals surface area contributed by atoms with E-state index >= 15 is 0 Å². The minimum Gasteiger partial charge on any atom is -0.480 e. The van der Waals surface area contributed by atoms with Gasteiger partial charge in [-0.25, -0.2) is 0 Å². The minimum absolute atomic E-state index is 0. The monoisotopic (exact) mass is 595 g/mol. The number of hydrogen-bond acceptors (Lipinski definition) is 4. The molecule has 0 heterocycles. The molecule has 4 aromatic carbocycles. The Morgan fingerprint density at radius 2 is 1.02 bits per heavy atom. The topological polar surface area (TPSA) is 81.0 Å². The van der Waals surface area contributed by atoms with Crippen LogP contribution < -0.4 is 0 Å². The van der Waals surface area contributed by atoms with Crippen molar-refractivity contribution in [3.63, 3.8) is 0 Å². The molecule has 222 valence electrons. The Labute approximate surface area is 259 Å². The summed E-state index contributed by atoms with van der Waals surface area (Å²) >= 11 is 0. The molecule has 0 amide bonds. The van der Waals surface area contributed by atoms with Crippen LogP contribution in [0.3, 0.4) is 0 Å². The van der Waals surface area contributed by atoms with Crippen molar-refractivity contribution >= 4 is 18.4 Å². The number of hydrogen-bond donors (Lipinski definition) is 3. The zero-order valence-corrected chi connectivity index (χ0v) is 24.8. The van der Waals surface area contributed by atoms with E-state index in [-0.39, 0.29) is 31.7 Å². The lowest BCUT2D eigenvalue weighted by molar-refractivity contribution is -0.143. The lowest BCUT2D eigenvalue weighted by Gasteiger charge is -2.43. The fraction of sp³-hybridized carbons (Fsp3) is 0.216. The molecule has 0 bridgehead atoms. The van der Waals surface area contributed by atoms with Crippen molar-refractivity contribution in [3.8, 4) is 0 Å². The minimum atomic E-state index is -1.65. The summed E-state index contributed by atoms with van der Waals surface area (Å²) in [5.74, 6) is -0.937. The number of aliphatic hydroxyl groups is 2. The molecule has 0 saturated heterocycles. The number of nitrogens with zero attached hydrogens (tertiary/aromatic N) is 1. The predicted molar refractivity (Wildman–Crippen MR) is 173 cm³/mol. The van der Waals surface area contributed by atoms with Gasteiger partial charge in [0.2, 0.25) is 0 Å². The number of halogens is 1. The van der Waals surface area contributed by atoms with Crippen LogP contribution in [0.5, 0.6) is 0 Å². The molecule has 0 fully saturated rings. The van der Waals surface area contributed by atoms with E-state index in [1.807, 2.05) is 126 Å². The van der Waals surface area contributed by atoms with Crippen LogP contribution in [0.1, 0.15) is 28.7 Å². The summed E-state index contributed by atoms with van der Waals surface area (Å²) in [6.07, 6.45) is 5.68. The Balaban J connectivity index is 0.00000423. The molecule has 0 radical (unpaired) electrons. The molecule has 5 rings (SSSR count). The fourth-order valence-electron chi connectivity index (χ4n) is 5.73. The van der Waals surface area contributed by atoms with Crippen LogP contribution in [0, 0.1) is 0 Å². The summed E-state index contributed by atoms with van der Waals surface area (Å²) in [5.41, 5.74) is 1.25. The molecule has 0 saturated carbocycles. The van der Waals surface area contributed by atoms with Crippen LogP contribution in [0.15, 0.2) is 145 Å². The molecular weight excluding hydrogens is 558 g/mol. The van der Waals surface area contributed by atoms with Gasteiger partial charge in [-0.05, 0) is 46.4 Å². The van der Waals surface area contributed by atoms with Crippen molar-refractivity contribution in [1.29, 1.82) is 0 Å². The zero-order chi connectivity index (χ0) is 29.4. The quantitative estimate of drug-likeness (QED) is 0.177. The highest BCUT2D eigenvalue weighted by Crippen LogP contribution is 2.38. The Morgan fingerprint density at radius 1 is 0.628 bits per heavy atom. The maximum Gasteiger partial charge on any atom is 0.321 e. The van der Waals surface area contributed by atoms with Gasteiger partial charge in [-0.3, -0.25) is 9.69 Å². The summed E-state index contributed by atoms with van der Waals surface area (Å²) in [6, 6.07) is 38.0. The number of carbonyl (C=O) groups is 1. The lowest BCUT2D eigenvalue weighted by Crippen LogP contribution is -2.56. The average molecular weight is 596 g/mol. The Kier molecular flexibility index (Phi) is 10.7. The molecule has 5 nitrogen and oxygen atoms in total. The van der Waals surface area contributed by atoms with Crippen molar-refractivity contribution in [3.05, 3.63) is 167 Å². The first-order valence-corrected chi connectivity index (χ1v) is 14.3. The number of carboxylic acids is 1. The molecule has 6 heteroatoms. The second-order valence-corrected chi connectivity index (χ2v) is 11.2. The van der Waals surface area contributed by atoms with Crippen LogP contribution in [0.2, 0.25) is 0 Å². The summed E-state index contributed by atoms with van der Waals surface area (Å²) in [7, 11) is 0. The van der Waals surface area contributed by atoms with Crippen molar-refractivity contribution < 1.29 is 20.1 Å². The van der Waals surface area contributed by atoms with E-state index in [2.05, 4.69) is 0 Å². The first kappa shape index (κ1) is 31.9. The first-order valence-electron chi connectivity index (χ1n) is 14.3. The number of aliphatic carboxylic acids is 1. The van der Waals surface area contributed by atoms with Crippen molar-refractivity contribution in [2.45, 2.75) is 49.6 Å². The van der Waals surface area contributed by atoms with Crippen molar-refractivity contribution in [2.75, 3.05) is 0 Å². The maximum atomic E-state index is 12.8. The van der Waals surface area contributed by atoms with Gasteiger partial charge in [-0.2, -0.15) is 0 Å². The van der Waals surface area contributed by atoms with E-state index in [1.54, 1.807) is 18.2 Å². The Bertz CT molecular complexity index is 1470. The third-order valence-corrected chi connectivity index (χ3v) is 7.99. The van der Waals surface area contributed by atoms with Gasteiger partial charge in [-0.15, -0.1) is 12.4 Å². The largest absolute Gasteiger partial charge is 0.480 e. The molecule has 0 aliphatic heterocycles. The third kappa shape index (κ3) is 8.09. The lowest BCUT2D eigenvalue weighted by atomic mass is 9.70. The number of allylic oxidation sites excluding steroid dienone is 1. The average Bonchev–Trinajstić information content (AvgIpc) is 2.99. The van der Waals surface area contributed by atoms with Gasteiger partial charge in [-0.1, -0.05) is 127 Å². The van der Waals surface area contributed by atoms with E-state index in [0.717, 1.165) is 22.3 Å². The van der Waals surface area contributed by atoms with Gasteiger partial charge < -0.3 is 15.3 Å². The van der Waals surface area contributed by atoms with E-state index in [0.29, 0.717) is 18.7 Å². The summed E-state index contributed by atoms with van der Waals surface area (Å²) in [4.78, 5) is 14.8. The molecule has 1 aliphatic carbocycles. The van der Waals surface area contributed by atoms with E-state index in [4.69, 9.17) is 0 Å². The molecule has 3 atom stereocenters. The highest BCUT2D eigenvalue weighted by atomic mass is 35.5. The smallest absolute Gasteiger partial charge is 0.321 e. The molecular formula is C37H38ClNO4. The molecule has 4 aromatic rings. The molecule has 0 aromatic heterocycles. The van der Waals surface area contributed by atoms with Gasteiger partial charge >= 0.3 is 5.97 Å². The summed E-state index contributed by atoms with van der Waals surface area (Å²) in [6.45, 7) is 0.909. The van der Waals surface area contributed by atoms with Gasteiger partial charge in [0.25, 0.3) is 0 Å². The number of carboxylic acid groups (broad SMARTS) is 1. The van der Waals surface area contributed by atoms with Crippen LogP contribution in [-0.4, -0.2) is 43.4 Å². The molecule has 3 N–H and O–H groups in total. The second kappa shape index (κ2) is 14.5. The van der Waals surface area contributed by atoms with Gasteiger partial charge in [0.15, 0.2) is 0 Å². The normalized spacial score (nSPS) is 20.2. The van der Waals surface area contributed by atoms with Crippen molar-refractivity contribution in [1.82, 2.24) is 4.90 Å². The standard InChI is InChI=1S/C37H37NO4.ClH/c39-35(40)34(38(27-31-17-9-3-10-18-31)28-32-19-11-4-12-20-32)23-33-21-22-36(41,24-29-13-5-1-6-14-29)37(42,26-33)25-30-15-7-2-8-16-30;/h1-22,26,34,41-42H,23-25,27-28H2,(H,39,40);1H. The SMILES string of the molecule is Cl.O=C(O)C(CC1=CC(O)(Cc2ccccc2)C(O)(Cc2ccccc2)C=C1)N(Cc1ccccc1)Cc1ccccc1. The second-order valence-electron chi connectivity index (χ2n) is 11.2. The predicted octanol–water partition coefficient (Wildman–Crippen LogP) is 6.40. The van der Waals surface area contributed by atoms with Gasteiger partial charge in [0.05, 0.1) is 0 Å². The summed E-state index contributed by atoms with van der Waals surface area (Å²) < 4.78 is 0. The number of benzene rings is 4. The van der Waals surface area contributed by atoms with Crippen LogP contribution in [0.25, 0.3) is 0 Å². The zero-order valence-electron chi connectivity index (χ0n) is 24.0. The summed E-state index contributed by atoms with van der Waals surface area (Å²) in [5, 5.41) is 34.6. The van der Waals surface area contributed by atoms with Gasteiger partial charge in [0, 0.05) is 25.9 Å². The van der Waals surface area contributed by atoms with E-state index in [1.165, 1.54) is 0 Å². The molecule has 1 aliphatic rings. The maximum absolute atomic E-state index is 12.8. The van der Waals surface area contributed by atoms with Crippen molar-refractivity contribution in [2.24, 2.45) is 0 Å². The Hall–Kier alpha value is -4.00. The van der Waals surface area contributed by atoms with Gasteiger partial charge in [0.1, 0.15) is 17.2 Å². The highest BCUT2D eigenvalue weighted by Gasteiger charge is 2.48. The molecule has 0 spiro atoms. The molecule has 43 heavy (non-hydrogen) atoms. The molecule has 3 unspecified atom stereocenters. The third-order valence-electron chi connectivity index (χ3n) is 7.99. The number of rotatable bonds is 12. The van der Waals surface area contributed by atoms with Crippen LogP contribution in [0.4, 0.5) is 0 Å². The first-order chi connectivity index (χ1) is 20.3. The van der Waals surface area contributed by atoms with Crippen LogP contribution >= 0.6 is 12.4 Å². The van der Waals surface area contributed by atoms with E-state index < -0.39 is 23.2 Å². The highest BCUT2D eigenvalue weighted by molar-refractivity contribution is 5.85. The Morgan fingerprint density at radius 3 is 1.44 bits per heavy atom.